The highest BCUT2D eigenvalue weighted by atomic mass is 16.5. The van der Waals surface area contributed by atoms with E-state index in [9.17, 15) is 4.79 Å². The number of rotatable bonds is 3. The third-order valence-electron chi connectivity index (χ3n) is 2.61. The van der Waals surface area contributed by atoms with Crippen LogP contribution in [0, 0.1) is 11.8 Å². The van der Waals surface area contributed by atoms with Gasteiger partial charge in [0.25, 0.3) is 0 Å². The van der Waals surface area contributed by atoms with Crippen LogP contribution in [0.3, 0.4) is 0 Å². The van der Waals surface area contributed by atoms with E-state index in [1.807, 2.05) is 0 Å². The number of carbonyl (C=O) groups is 1. The van der Waals surface area contributed by atoms with Crippen molar-refractivity contribution in [1.82, 2.24) is 0 Å². The standard InChI is InChI=1S/C9H16O3/c1-12-6-7-4-2-3-5-8(7)9(10)11/h7-8H,2-6H2,1H3,(H,10,11)/t7?,8-/m1/s1. The van der Waals surface area contributed by atoms with Gasteiger partial charge in [-0.25, -0.2) is 0 Å². The summed E-state index contributed by atoms with van der Waals surface area (Å²) in [6.45, 7) is 0.594. The normalized spacial score (nSPS) is 30.1. The Bertz CT molecular complexity index is 154. The smallest absolute Gasteiger partial charge is 0.306 e. The average Bonchev–Trinajstić information content (AvgIpc) is 2.05. The maximum absolute atomic E-state index is 10.8. The minimum Gasteiger partial charge on any atom is -0.481 e. The molecule has 3 heteroatoms. The molecule has 1 unspecified atom stereocenters. The number of ether oxygens (including phenoxy) is 1. The molecule has 3 nitrogen and oxygen atoms in total. The molecule has 0 aromatic heterocycles. The molecule has 1 fully saturated rings. The molecule has 70 valence electrons. The molecule has 0 saturated heterocycles. The lowest BCUT2D eigenvalue weighted by Crippen LogP contribution is -2.29. The molecule has 0 aliphatic heterocycles. The van der Waals surface area contributed by atoms with E-state index in [1.54, 1.807) is 7.11 Å². The molecule has 0 radical (unpaired) electrons. The molecule has 1 aliphatic carbocycles. The van der Waals surface area contributed by atoms with Crippen LogP contribution in [0.5, 0.6) is 0 Å². The molecule has 1 N–H and O–H groups in total. The van der Waals surface area contributed by atoms with Crippen LogP contribution in [0.2, 0.25) is 0 Å². The van der Waals surface area contributed by atoms with E-state index >= 15 is 0 Å². The van der Waals surface area contributed by atoms with Gasteiger partial charge in [-0.1, -0.05) is 12.8 Å². The predicted octanol–water partition coefficient (Wildman–Crippen LogP) is 1.52. The van der Waals surface area contributed by atoms with Crippen LogP contribution < -0.4 is 0 Å². The molecule has 2 atom stereocenters. The number of methoxy groups -OCH3 is 1. The third-order valence-corrected chi connectivity index (χ3v) is 2.61. The van der Waals surface area contributed by atoms with Gasteiger partial charge in [-0.3, -0.25) is 4.79 Å². The molecule has 0 amide bonds. The first-order valence-electron chi connectivity index (χ1n) is 4.47. The van der Waals surface area contributed by atoms with Gasteiger partial charge in [0.1, 0.15) is 0 Å². The van der Waals surface area contributed by atoms with Crippen LogP contribution in [0.4, 0.5) is 0 Å². The van der Waals surface area contributed by atoms with Crippen molar-refractivity contribution >= 4 is 5.97 Å². The zero-order valence-electron chi connectivity index (χ0n) is 7.45. The first kappa shape index (κ1) is 9.52. The van der Waals surface area contributed by atoms with Gasteiger partial charge in [0, 0.05) is 13.7 Å². The number of carboxylic acid groups (broad SMARTS) is 1. The molecule has 1 aliphatic rings. The fourth-order valence-electron chi connectivity index (χ4n) is 1.95. The Kier molecular flexibility index (Phi) is 3.53. The van der Waals surface area contributed by atoms with Crippen molar-refractivity contribution in [3.05, 3.63) is 0 Å². The molecule has 12 heavy (non-hydrogen) atoms. The lowest BCUT2D eigenvalue weighted by molar-refractivity contribution is -0.145. The zero-order chi connectivity index (χ0) is 8.97. The molecule has 1 saturated carbocycles. The zero-order valence-corrected chi connectivity index (χ0v) is 7.45. The first-order valence-corrected chi connectivity index (χ1v) is 4.47. The van der Waals surface area contributed by atoms with E-state index in [2.05, 4.69) is 0 Å². The highest BCUT2D eigenvalue weighted by Crippen LogP contribution is 2.30. The Labute approximate surface area is 72.7 Å². The van der Waals surface area contributed by atoms with Gasteiger partial charge in [-0.2, -0.15) is 0 Å². The SMILES string of the molecule is COCC1CCCC[C@H]1C(=O)O. The maximum Gasteiger partial charge on any atom is 0.306 e. The monoisotopic (exact) mass is 172 g/mol. The number of hydrogen-bond donors (Lipinski definition) is 1. The van der Waals surface area contributed by atoms with Gasteiger partial charge >= 0.3 is 5.97 Å². The molecule has 0 bridgehead atoms. The quantitative estimate of drug-likeness (QED) is 0.702. The molecular weight excluding hydrogens is 156 g/mol. The van der Waals surface area contributed by atoms with Crippen molar-refractivity contribution < 1.29 is 14.6 Å². The maximum atomic E-state index is 10.8. The van der Waals surface area contributed by atoms with Gasteiger partial charge < -0.3 is 9.84 Å². The summed E-state index contributed by atoms with van der Waals surface area (Å²) in [6.07, 6.45) is 4.03. The Hall–Kier alpha value is -0.570. The highest BCUT2D eigenvalue weighted by Gasteiger charge is 2.30. The van der Waals surface area contributed by atoms with Crippen LogP contribution in [-0.2, 0) is 9.53 Å². The van der Waals surface area contributed by atoms with Crippen molar-refractivity contribution in [1.29, 1.82) is 0 Å². The largest absolute Gasteiger partial charge is 0.481 e. The second-order valence-electron chi connectivity index (χ2n) is 3.44. The first-order chi connectivity index (χ1) is 5.75. The fraction of sp³-hybridized carbons (Fsp3) is 0.889. The summed E-state index contributed by atoms with van der Waals surface area (Å²) in [7, 11) is 1.63. The minimum atomic E-state index is -0.656. The summed E-state index contributed by atoms with van der Waals surface area (Å²) >= 11 is 0. The molecule has 0 heterocycles. The number of carboxylic acids is 1. The highest BCUT2D eigenvalue weighted by molar-refractivity contribution is 5.70. The van der Waals surface area contributed by atoms with Crippen LogP contribution in [0.15, 0.2) is 0 Å². The minimum absolute atomic E-state index is 0.168. The Morgan fingerprint density at radius 2 is 2.17 bits per heavy atom. The summed E-state index contributed by atoms with van der Waals surface area (Å²) < 4.78 is 5.00. The molecule has 0 spiro atoms. The number of aliphatic carboxylic acids is 1. The van der Waals surface area contributed by atoms with Gasteiger partial charge in [-0.05, 0) is 18.8 Å². The molecule has 0 aromatic carbocycles. The number of hydrogen-bond acceptors (Lipinski definition) is 2. The summed E-state index contributed by atoms with van der Waals surface area (Å²) in [5.41, 5.74) is 0. The predicted molar refractivity (Wildman–Crippen MR) is 45.0 cm³/mol. The molecule has 1 rings (SSSR count). The van der Waals surface area contributed by atoms with Gasteiger partial charge in [0.2, 0.25) is 0 Å². The third kappa shape index (κ3) is 2.21. The van der Waals surface area contributed by atoms with E-state index in [4.69, 9.17) is 9.84 Å². The van der Waals surface area contributed by atoms with E-state index in [0.29, 0.717) is 6.61 Å². The van der Waals surface area contributed by atoms with Crippen LogP contribution >= 0.6 is 0 Å². The van der Waals surface area contributed by atoms with Crippen molar-refractivity contribution in [3.8, 4) is 0 Å². The summed E-state index contributed by atoms with van der Waals surface area (Å²) in [5, 5.41) is 8.88. The Morgan fingerprint density at radius 3 is 2.75 bits per heavy atom. The Balaban J connectivity index is 2.48. The average molecular weight is 172 g/mol. The topological polar surface area (TPSA) is 46.5 Å². The van der Waals surface area contributed by atoms with E-state index in [-0.39, 0.29) is 11.8 Å². The van der Waals surface area contributed by atoms with Crippen molar-refractivity contribution in [2.75, 3.05) is 13.7 Å². The summed E-state index contributed by atoms with van der Waals surface area (Å²) in [5.74, 6) is -0.586. The van der Waals surface area contributed by atoms with Crippen molar-refractivity contribution in [2.45, 2.75) is 25.7 Å². The van der Waals surface area contributed by atoms with E-state index in [1.165, 1.54) is 0 Å². The van der Waals surface area contributed by atoms with Crippen molar-refractivity contribution in [3.63, 3.8) is 0 Å². The Morgan fingerprint density at radius 1 is 1.50 bits per heavy atom. The van der Waals surface area contributed by atoms with Gasteiger partial charge in [-0.15, -0.1) is 0 Å². The second kappa shape index (κ2) is 4.45. The molecular formula is C9H16O3. The second-order valence-corrected chi connectivity index (χ2v) is 3.44. The van der Waals surface area contributed by atoms with Gasteiger partial charge in [0.15, 0.2) is 0 Å². The fourth-order valence-corrected chi connectivity index (χ4v) is 1.95. The van der Waals surface area contributed by atoms with Crippen LogP contribution in [-0.4, -0.2) is 24.8 Å². The van der Waals surface area contributed by atoms with E-state index < -0.39 is 5.97 Å². The van der Waals surface area contributed by atoms with Crippen molar-refractivity contribution in [2.24, 2.45) is 11.8 Å². The van der Waals surface area contributed by atoms with Crippen LogP contribution in [0.25, 0.3) is 0 Å². The summed E-state index contributed by atoms with van der Waals surface area (Å²) in [6, 6.07) is 0. The van der Waals surface area contributed by atoms with Gasteiger partial charge in [0.05, 0.1) is 5.92 Å². The summed E-state index contributed by atoms with van der Waals surface area (Å²) in [4.78, 5) is 10.8. The van der Waals surface area contributed by atoms with E-state index in [0.717, 1.165) is 25.7 Å². The lowest BCUT2D eigenvalue weighted by atomic mass is 9.80. The molecule has 0 aromatic rings. The van der Waals surface area contributed by atoms with Crippen LogP contribution in [0.1, 0.15) is 25.7 Å². The lowest BCUT2D eigenvalue weighted by Gasteiger charge is -2.27.